The number of nitrogens with one attached hydrogen (secondary N) is 2. The van der Waals surface area contributed by atoms with Gasteiger partial charge in [-0.15, -0.1) is 24.0 Å². The Hall–Kier alpha value is -1.91. The molecule has 164 valence electrons. The van der Waals surface area contributed by atoms with Crippen molar-refractivity contribution in [3.8, 4) is 17.2 Å². The van der Waals surface area contributed by atoms with Crippen molar-refractivity contribution in [1.29, 1.82) is 0 Å². The Morgan fingerprint density at radius 2 is 1.72 bits per heavy atom. The van der Waals surface area contributed by atoms with Gasteiger partial charge in [-0.1, -0.05) is 0 Å². The normalized spacial score (nSPS) is 14.7. The van der Waals surface area contributed by atoms with E-state index in [1.165, 1.54) is 0 Å². The fourth-order valence-electron chi connectivity index (χ4n) is 3.46. The zero-order valence-electron chi connectivity index (χ0n) is 17.9. The van der Waals surface area contributed by atoms with Crippen LogP contribution in [-0.2, 0) is 11.3 Å². The summed E-state index contributed by atoms with van der Waals surface area (Å²) in [5, 5.41) is 6.11. The summed E-state index contributed by atoms with van der Waals surface area (Å²) in [7, 11) is 8.28. The van der Waals surface area contributed by atoms with Crippen LogP contribution in [0.25, 0.3) is 0 Å². The molecule has 1 saturated heterocycles. The molecule has 0 atom stereocenters. The number of piperidine rings is 1. The van der Waals surface area contributed by atoms with E-state index >= 15 is 0 Å². The van der Waals surface area contributed by atoms with E-state index in [1.807, 2.05) is 12.1 Å². The number of likely N-dealkylation sites (tertiary alicyclic amines) is 1. The van der Waals surface area contributed by atoms with Gasteiger partial charge in [-0.25, -0.2) is 0 Å². The van der Waals surface area contributed by atoms with Crippen molar-refractivity contribution in [3.05, 3.63) is 17.7 Å². The summed E-state index contributed by atoms with van der Waals surface area (Å²) in [6, 6.07) is 3.86. The highest BCUT2D eigenvalue weighted by Gasteiger charge is 2.23. The molecular weight excluding hydrogens is 487 g/mol. The highest BCUT2D eigenvalue weighted by Crippen LogP contribution is 2.38. The number of benzene rings is 1. The van der Waals surface area contributed by atoms with Crippen LogP contribution < -0.4 is 24.8 Å². The zero-order valence-corrected chi connectivity index (χ0v) is 20.2. The first kappa shape index (κ1) is 25.1. The highest BCUT2D eigenvalue weighted by atomic mass is 127. The molecule has 1 aliphatic rings. The van der Waals surface area contributed by atoms with Gasteiger partial charge in [0.1, 0.15) is 0 Å². The molecule has 1 heterocycles. The van der Waals surface area contributed by atoms with Gasteiger partial charge in [-0.3, -0.25) is 9.79 Å². The summed E-state index contributed by atoms with van der Waals surface area (Å²) in [4.78, 5) is 18.2. The minimum absolute atomic E-state index is 0. The maximum Gasteiger partial charge on any atom is 0.220 e. The van der Waals surface area contributed by atoms with Crippen LogP contribution in [0.3, 0.4) is 0 Å². The molecular formula is C20H33IN4O4. The van der Waals surface area contributed by atoms with Gasteiger partial charge in [-0.05, 0) is 36.5 Å². The summed E-state index contributed by atoms with van der Waals surface area (Å²) in [6.45, 7) is 2.36. The van der Waals surface area contributed by atoms with Crippen LogP contribution in [0.15, 0.2) is 17.1 Å². The number of carbonyl (C=O) groups excluding carboxylic acids is 1. The van der Waals surface area contributed by atoms with E-state index < -0.39 is 0 Å². The second kappa shape index (κ2) is 12.6. The minimum atomic E-state index is 0. The van der Waals surface area contributed by atoms with E-state index in [0.29, 0.717) is 36.1 Å². The minimum Gasteiger partial charge on any atom is -0.493 e. The number of hydrogen-bond donors (Lipinski definition) is 2. The second-order valence-electron chi connectivity index (χ2n) is 6.74. The lowest BCUT2D eigenvalue weighted by Gasteiger charge is -2.34. The lowest BCUT2D eigenvalue weighted by atomic mass is 9.93. The van der Waals surface area contributed by atoms with Crippen molar-refractivity contribution in [2.24, 2.45) is 10.9 Å². The van der Waals surface area contributed by atoms with Gasteiger partial charge in [0, 0.05) is 40.2 Å². The molecule has 0 aromatic heterocycles. The second-order valence-corrected chi connectivity index (χ2v) is 6.74. The van der Waals surface area contributed by atoms with Gasteiger partial charge >= 0.3 is 0 Å². The van der Waals surface area contributed by atoms with E-state index in [9.17, 15) is 4.79 Å². The molecule has 1 amide bonds. The monoisotopic (exact) mass is 520 g/mol. The molecule has 29 heavy (non-hydrogen) atoms. The fraction of sp³-hybridized carbons (Fsp3) is 0.600. The van der Waals surface area contributed by atoms with E-state index in [-0.39, 0.29) is 29.9 Å². The zero-order chi connectivity index (χ0) is 20.5. The number of rotatable bonds is 7. The number of hydrogen-bond acceptors (Lipinski definition) is 5. The molecule has 0 saturated carbocycles. The predicted octanol–water partition coefficient (Wildman–Crippen LogP) is 2.25. The van der Waals surface area contributed by atoms with Crippen molar-refractivity contribution in [2.75, 3.05) is 48.5 Å². The summed E-state index contributed by atoms with van der Waals surface area (Å²) in [5.41, 5.74) is 1.00. The maximum atomic E-state index is 11.6. The molecule has 2 N–H and O–H groups in total. The number of halogens is 1. The molecule has 1 aliphatic heterocycles. The maximum absolute atomic E-state index is 11.6. The third-order valence-corrected chi connectivity index (χ3v) is 5.05. The Morgan fingerprint density at radius 3 is 2.17 bits per heavy atom. The van der Waals surface area contributed by atoms with Crippen LogP contribution in [-0.4, -0.2) is 65.3 Å². The van der Waals surface area contributed by atoms with E-state index in [1.54, 1.807) is 35.4 Å². The molecule has 0 bridgehead atoms. The average Bonchev–Trinajstić information content (AvgIpc) is 2.74. The van der Waals surface area contributed by atoms with Crippen molar-refractivity contribution in [2.45, 2.75) is 25.8 Å². The smallest absolute Gasteiger partial charge is 0.220 e. The molecule has 1 aromatic rings. The summed E-state index contributed by atoms with van der Waals surface area (Å²) >= 11 is 0. The molecule has 0 radical (unpaired) electrons. The Morgan fingerprint density at radius 1 is 1.14 bits per heavy atom. The van der Waals surface area contributed by atoms with Crippen LogP contribution in [0.4, 0.5) is 0 Å². The van der Waals surface area contributed by atoms with Crippen LogP contribution in [0.1, 0.15) is 24.8 Å². The molecule has 1 fully saturated rings. The molecule has 0 aliphatic carbocycles. The number of carbonyl (C=O) groups is 1. The van der Waals surface area contributed by atoms with Crippen LogP contribution in [0.2, 0.25) is 0 Å². The number of nitrogens with zero attached hydrogens (tertiary/aromatic N) is 2. The van der Waals surface area contributed by atoms with Crippen LogP contribution in [0, 0.1) is 5.92 Å². The summed E-state index contributed by atoms with van der Waals surface area (Å²) < 4.78 is 16.2. The van der Waals surface area contributed by atoms with Gasteiger partial charge < -0.3 is 29.7 Å². The molecule has 0 spiro atoms. The number of amides is 1. The van der Waals surface area contributed by atoms with Gasteiger partial charge in [0.15, 0.2) is 17.5 Å². The Bertz CT molecular complexity index is 666. The first-order valence-corrected chi connectivity index (χ1v) is 9.51. The van der Waals surface area contributed by atoms with Crippen molar-refractivity contribution in [3.63, 3.8) is 0 Å². The van der Waals surface area contributed by atoms with Gasteiger partial charge in [0.25, 0.3) is 0 Å². The third-order valence-electron chi connectivity index (χ3n) is 5.05. The highest BCUT2D eigenvalue weighted by molar-refractivity contribution is 14.0. The van der Waals surface area contributed by atoms with Crippen molar-refractivity contribution >= 4 is 35.8 Å². The summed E-state index contributed by atoms with van der Waals surface area (Å²) in [6.07, 6.45) is 2.57. The largest absolute Gasteiger partial charge is 0.493 e. The Kier molecular flexibility index (Phi) is 10.9. The van der Waals surface area contributed by atoms with Crippen molar-refractivity contribution < 1.29 is 19.0 Å². The number of guanidine groups is 1. The van der Waals surface area contributed by atoms with Crippen molar-refractivity contribution in [1.82, 2.24) is 15.5 Å². The van der Waals surface area contributed by atoms with Crippen LogP contribution >= 0.6 is 24.0 Å². The quantitative estimate of drug-likeness (QED) is 0.326. The van der Waals surface area contributed by atoms with E-state index in [2.05, 4.69) is 20.5 Å². The number of ether oxygens (including phenoxy) is 3. The molecule has 9 heteroatoms. The molecule has 1 aromatic carbocycles. The van der Waals surface area contributed by atoms with Gasteiger partial charge in [0.05, 0.1) is 21.3 Å². The lowest BCUT2D eigenvalue weighted by Crippen LogP contribution is -2.45. The van der Waals surface area contributed by atoms with E-state index in [0.717, 1.165) is 37.5 Å². The average molecular weight is 520 g/mol. The van der Waals surface area contributed by atoms with Crippen LogP contribution in [0.5, 0.6) is 17.2 Å². The third kappa shape index (κ3) is 6.83. The Labute approximate surface area is 190 Å². The molecule has 0 unspecified atom stereocenters. The fourth-order valence-corrected chi connectivity index (χ4v) is 3.46. The first-order chi connectivity index (χ1) is 13.6. The Balaban J connectivity index is 0.00000420. The number of aliphatic imine (C=N–C) groups is 1. The topological polar surface area (TPSA) is 84.4 Å². The molecule has 2 rings (SSSR count). The summed E-state index contributed by atoms with van der Waals surface area (Å²) in [5.74, 6) is 3.24. The first-order valence-electron chi connectivity index (χ1n) is 9.51. The SMILES string of the molecule is CN=C(NCc1cc(OC)c(OC)c(OC)c1)N1CCC(CC(=O)NC)CC1.I. The van der Waals surface area contributed by atoms with Gasteiger partial charge in [0.2, 0.25) is 11.7 Å². The molecule has 8 nitrogen and oxygen atoms in total. The van der Waals surface area contributed by atoms with E-state index in [4.69, 9.17) is 14.2 Å². The predicted molar refractivity (Wildman–Crippen MR) is 125 cm³/mol. The lowest BCUT2D eigenvalue weighted by molar-refractivity contribution is -0.121. The van der Waals surface area contributed by atoms with Gasteiger partial charge in [-0.2, -0.15) is 0 Å². The standard InChI is InChI=1S/C20H32N4O4.HI/c1-21-18(25)12-14-6-8-24(9-7-14)20(22-2)23-13-15-10-16(26-3)19(28-5)17(11-15)27-4;/h10-11,14H,6-9,12-13H2,1-5H3,(H,21,25)(H,22,23);1H. The number of methoxy groups -OCH3 is 3.